The van der Waals surface area contributed by atoms with E-state index in [1.807, 2.05) is 29.3 Å². The van der Waals surface area contributed by atoms with Gasteiger partial charge in [0, 0.05) is 25.3 Å². The van der Waals surface area contributed by atoms with Gasteiger partial charge in [-0.15, -0.1) is 0 Å². The second kappa shape index (κ2) is 7.24. The van der Waals surface area contributed by atoms with Gasteiger partial charge < -0.3 is 15.4 Å². The van der Waals surface area contributed by atoms with Crippen LogP contribution >= 0.6 is 0 Å². The number of amidine groups is 1. The summed E-state index contributed by atoms with van der Waals surface area (Å²) in [5.41, 5.74) is 4.37. The lowest BCUT2D eigenvalue weighted by molar-refractivity contribution is 0.0126. The highest BCUT2D eigenvalue weighted by molar-refractivity contribution is 6.00. The predicted octanol–water partition coefficient (Wildman–Crippen LogP) is 0.0772. The highest BCUT2D eigenvalue weighted by atomic mass is 16.5. The number of hydrogen-bond donors (Lipinski definition) is 3. The Morgan fingerprint density at radius 3 is 2.91 bits per heavy atom. The number of hydrogen-bond acceptors (Lipinski definition) is 6. The maximum atomic E-state index is 12.5. The third-order valence-electron chi connectivity index (χ3n) is 3.63. The van der Waals surface area contributed by atoms with Gasteiger partial charge in [-0.2, -0.15) is 0 Å². The minimum Gasteiger partial charge on any atom is -0.379 e. The van der Waals surface area contributed by atoms with Gasteiger partial charge in [-0.3, -0.25) is 15.2 Å². The van der Waals surface area contributed by atoms with Gasteiger partial charge in [-0.05, 0) is 12.1 Å². The molecule has 0 radical (unpaired) electrons. The number of anilines is 1. The van der Waals surface area contributed by atoms with E-state index in [4.69, 9.17) is 4.74 Å². The van der Waals surface area contributed by atoms with E-state index in [0.717, 1.165) is 24.6 Å². The Morgan fingerprint density at radius 2 is 2.14 bits per heavy atom. The van der Waals surface area contributed by atoms with Crippen LogP contribution < -0.4 is 16.1 Å². The first-order valence-corrected chi connectivity index (χ1v) is 7.57. The van der Waals surface area contributed by atoms with Crippen molar-refractivity contribution in [1.29, 1.82) is 0 Å². The molecule has 0 unspecified atom stereocenters. The first-order valence-electron chi connectivity index (χ1n) is 7.57. The average molecular weight is 303 g/mol. The van der Waals surface area contributed by atoms with Gasteiger partial charge in [0.1, 0.15) is 5.84 Å². The Morgan fingerprint density at radius 1 is 1.32 bits per heavy atom. The van der Waals surface area contributed by atoms with Crippen LogP contribution in [-0.2, 0) is 4.74 Å². The number of carbonyl (C=O) groups excluding carboxylic acids is 1. The van der Waals surface area contributed by atoms with Crippen LogP contribution in [0.5, 0.6) is 0 Å². The van der Waals surface area contributed by atoms with E-state index < -0.39 is 0 Å². The van der Waals surface area contributed by atoms with Gasteiger partial charge in [0.05, 0.1) is 31.9 Å². The summed E-state index contributed by atoms with van der Waals surface area (Å²) in [6, 6.07) is 7.51. The van der Waals surface area contributed by atoms with Crippen LogP contribution in [0.4, 0.5) is 5.69 Å². The normalized spacial score (nSPS) is 18.5. The van der Waals surface area contributed by atoms with Crippen molar-refractivity contribution < 1.29 is 9.53 Å². The molecule has 0 spiro atoms. The standard InChI is InChI=1S/C15H21N5O2/c21-15(19-20-7-9-22-10-8-20)12-3-1-2-4-13(12)18-11-14-16-5-6-17-14/h1-4,18H,5-11H2,(H,16,17)(H,19,21). The first kappa shape index (κ1) is 14.8. The molecule has 1 saturated heterocycles. The summed E-state index contributed by atoms with van der Waals surface area (Å²) in [7, 11) is 0. The SMILES string of the molecule is O=C(NN1CCOCC1)c1ccccc1NCC1=NCCN1. The van der Waals surface area contributed by atoms with Gasteiger partial charge >= 0.3 is 0 Å². The smallest absolute Gasteiger partial charge is 0.267 e. The largest absolute Gasteiger partial charge is 0.379 e. The molecule has 0 saturated carbocycles. The molecule has 0 aromatic heterocycles. The number of amides is 1. The zero-order valence-electron chi connectivity index (χ0n) is 12.5. The summed E-state index contributed by atoms with van der Waals surface area (Å²) in [6.07, 6.45) is 0. The fourth-order valence-corrected chi connectivity index (χ4v) is 2.46. The molecule has 1 aromatic carbocycles. The molecular formula is C15H21N5O2. The van der Waals surface area contributed by atoms with Crippen LogP contribution in [0.1, 0.15) is 10.4 Å². The van der Waals surface area contributed by atoms with E-state index in [2.05, 4.69) is 21.1 Å². The van der Waals surface area contributed by atoms with Crippen molar-refractivity contribution in [2.24, 2.45) is 4.99 Å². The monoisotopic (exact) mass is 303 g/mol. The Labute approximate surface area is 129 Å². The summed E-state index contributed by atoms with van der Waals surface area (Å²) in [5, 5.41) is 8.38. The van der Waals surface area contributed by atoms with E-state index in [0.29, 0.717) is 38.4 Å². The molecule has 118 valence electrons. The molecule has 3 N–H and O–H groups in total. The van der Waals surface area contributed by atoms with E-state index in [-0.39, 0.29) is 5.91 Å². The maximum absolute atomic E-state index is 12.5. The Kier molecular flexibility index (Phi) is 4.87. The number of para-hydroxylation sites is 1. The molecule has 0 bridgehead atoms. The van der Waals surface area contributed by atoms with E-state index in [1.165, 1.54) is 0 Å². The fourth-order valence-electron chi connectivity index (χ4n) is 2.46. The molecule has 0 aliphatic carbocycles. The lowest BCUT2D eigenvalue weighted by Gasteiger charge is -2.27. The molecule has 2 aliphatic rings. The van der Waals surface area contributed by atoms with Gasteiger partial charge in [-0.1, -0.05) is 12.1 Å². The average Bonchev–Trinajstić information content (AvgIpc) is 3.07. The van der Waals surface area contributed by atoms with Crippen LogP contribution in [0, 0.1) is 0 Å². The third-order valence-corrected chi connectivity index (χ3v) is 3.63. The number of rotatable bonds is 5. The summed E-state index contributed by atoms with van der Waals surface area (Å²) in [4.78, 5) is 16.8. The minimum absolute atomic E-state index is 0.105. The number of morpholine rings is 1. The van der Waals surface area contributed by atoms with Gasteiger partial charge in [0.15, 0.2) is 0 Å². The molecule has 1 aromatic rings. The molecule has 22 heavy (non-hydrogen) atoms. The number of carbonyl (C=O) groups is 1. The van der Waals surface area contributed by atoms with E-state index in [1.54, 1.807) is 0 Å². The van der Waals surface area contributed by atoms with Crippen molar-refractivity contribution in [2.75, 3.05) is 51.3 Å². The van der Waals surface area contributed by atoms with Crippen molar-refractivity contribution in [3.05, 3.63) is 29.8 Å². The topological polar surface area (TPSA) is 78.0 Å². The number of aliphatic imine (C=N–C) groups is 1. The molecule has 2 aliphatic heterocycles. The fraction of sp³-hybridized carbons (Fsp3) is 0.467. The second-order valence-corrected chi connectivity index (χ2v) is 5.19. The lowest BCUT2D eigenvalue weighted by Crippen LogP contribution is -2.48. The third kappa shape index (κ3) is 3.75. The summed E-state index contributed by atoms with van der Waals surface area (Å²) in [6.45, 7) is 5.01. The second-order valence-electron chi connectivity index (χ2n) is 5.19. The van der Waals surface area contributed by atoms with E-state index >= 15 is 0 Å². The highest BCUT2D eigenvalue weighted by Gasteiger charge is 2.17. The van der Waals surface area contributed by atoms with Crippen LogP contribution in [0.15, 0.2) is 29.3 Å². The Hall–Kier alpha value is -2.12. The number of ether oxygens (including phenoxy) is 1. The molecule has 1 amide bonds. The Bertz CT molecular complexity index is 555. The van der Waals surface area contributed by atoms with Gasteiger partial charge in [-0.25, -0.2) is 5.01 Å². The van der Waals surface area contributed by atoms with E-state index in [9.17, 15) is 4.79 Å². The molecule has 7 nitrogen and oxygen atoms in total. The zero-order chi connectivity index (χ0) is 15.2. The molecule has 7 heteroatoms. The Balaban J connectivity index is 1.62. The number of nitrogens with one attached hydrogen (secondary N) is 3. The van der Waals surface area contributed by atoms with Crippen molar-refractivity contribution in [1.82, 2.24) is 15.8 Å². The number of nitrogens with zero attached hydrogens (tertiary/aromatic N) is 2. The molecular weight excluding hydrogens is 282 g/mol. The lowest BCUT2D eigenvalue weighted by atomic mass is 10.1. The van der Waals surface area contributed by atoms with Crippen molar-refractivity contribution in [2.45, 2.75) is 0 Å². The minimum atomic E-state index is -0.105. The zero-order valence-corrected chi connectivity index (χ0v) is 12.5. The summed E-state index contributed by atoms with van der Waals surface area (Å²) >= 11 is 0. The van der Waals surface area contributed by atoms with Gasteiger partial charge in [0.25, 0.3) is 5.91 Å². The molecule has 2 heterocycles. The van der Waals surface area contributed by atoms with Crippen LogP contribution in [0.2, 0.25) is 0 Å². The number of benzene rings is 1. The molecule has 0 atom stereocenters. The highest BCUT2D eigenvalue weighted by Crippen LogP contribution is 2.15. The predicted molar refractivity (Wildman–Crippen MR) is 85.1 cm³/mol. The van der Waals surface area contributed by atoms with Crippen molar-refractivity contribution >= 4 is 17.4 Å². The molecule has 3 rings (SSSR count). The first-order chi connectivity index (χ1) is 10.8. The summed E-state index contributed by atoms with van der Waals surface area (Å²) < 4.78 is 5.28. The van der Waals surface area contributed by atoms with Crippen molar-refractivity contribution in [3.63, 3.8) is 0 Å². The van der Waals surface area contributed by atoms with Crippen LogP contribution in [-0.4, -0.2) is 62.7 Å². The summed E-state index contributed by atoms with van der Waals surface area (Å²) in [5.74, 6) is 0.828. The maximum Gasteiger partial charge on any atom is 0.267 e. The van der Waals surface area contributed by atoms with Gasteiger partial charge in [0.2, 0.25) is 0 Å². The van der Waals surface area contributed by atoms with Crippen molar-refractivity contribution in [3.8, 4) is 0 Å². The quantitative estimate of drug-likeness (QED) is 0.718. The van der Waals surface area contributed by atoms with Crippen LogP contribution in [0.3, 0.4) is 0 Å². The van der Waals surface area contributed by atoms with Crippen LogP contribution in [0.25, 0.3) is 0 Å². The molecule has 1 fully saturated rings. The number of hydrazine groups is 1.